The minimum atomic E-state index is -0.179. The van der Waals surface area contributed by atoms with Gasteiger partial charge >= 0.3 is 0 Å². The molecule has 1 aliphatic carbocycles. The van der Waals surface area contributed by atoms with Crippen molar-refractivity contribution in [2.24, 2.45) is 0 Å². The molecule has 28 heavy (non-hydrogen) atoms. The number of hydrogen-bond acceptors (Lipinski definition) is 6. The molecular weight excluding hydrogens is 350 g/mol. The van der Waals surface area contributed by atoms with Gasteiger partial charge in [0.2, 0.25) is 5.95 Å². The smallest absolute Gasteiger partial charge is 0.224 e. The third kappa shape index (κ3) is 4.64. The van der Waals surface area contributed by atoms with E-state index in [1.807, 2.05) is 42.6 Å². The van der Waals surface area contributed by atoms with E-state index in [4.69, 9.17) is 4.98 Å². The lowest BCUT2D eigenvalue weighted by Crippen LogP contribution is -2.29. The van der Waals surface area contributed by atoms with E-state index in [-0.39, 0.29) is 6.10 Å². The summed E-state index contributed by atoms with van der Waals surface area (Å²) in [6, 6.07) is 16.3. The topological polar surface area (TPSA) is 83.0 Å². The lowest BCUT2D eigenvalue weighted by atomic mass is 9.93. The molecule has 0 amide bonds. The molecule has 3 aromatic rings. The zero-order chi connectivity index (χ0) is 19.2. The number of nitrogens with zero attached hydrogens (tertiary/aromatic N) is 3. The monoisotopic (exact) mass is 375 g/mol. The van der Waals surface area contributed by atoms with E-state index in [0.717, 1.165) is 42.8 Å². The Balaban J connectivity index is 1.56. The van der Waals surface area contributed by atoms with Crippen molar-refractivity contribution in [2.45, 2.75) is 44.4 Å². The van der Waals surface area contributed by atoms with Crippen molar-refractivity contribution in [1.29, 1.82) is 0 Å². The maximum Gasteiger partial charge on any atom is 0.224 e. The number of benzene rings is 1. The van der Waals surface area contributed by atoms with Gasteiger partial charge in [0.1, 0.15) is 5.82 Å². The first-order valence-electron chi connectivity index (χ1n) is 9.79. The molecule has 0 atom stereocenters. The average molecular weight is 375 g/mol. The van der Waals surface area contributed by atoms with Crippen LogP contribution in [-0.2, 0) is 6.54 Å². The molecule has 6 nitrogen and oxygen atoms in total. The van der Waals surface area contributed by atoms with Crippen LogP contribution in [-0.4, -0.2) is 32.2 Å². The van der Waals surface area contributed by atoms with E-state index < -0.39 is 0 Å². The summed E-state index contributed by atoms with van der Waals surface area (Å²) in [7, 11) is 0. The van der Waals surface area contributed by atoms with E-state index in [1.165, 1.54) is 5.56 Å². The highest BCUT2D eigenvalue weighted by atomic mass is 16.3. The summed E-state index contributed by atoms with van der Waals surface area (Å²) >= 11 is 0. The van der Waals surface area contributed by atoms with Crippen LogP contribution in [0, 0.1) is 0 Å². The summed E-state index contributed by atoms with van der Waals surface area (Å²) in [6.07, 6.45) is 6.92. The van der Waals surface area contributed by atoms with Gasteiger partial charge in [0.05, 0.1) is 17.4 Å². The van der Waals surface area contributed by atoms with Gasteiger partial charge in [0.15, 0.2) is 0 Å². The van der Waals surface area contributed by atoms with Crippen LogP contribution in [0.1, 0.15) is 31.2 Å². The van der Waals surface area contributed by atoms with E-state index >= 15 is 0 Å². The summed E-state index contributed by atoms with van der Waals surface area (Å²) in [5.41, 5.74) is 2.91. The quantitative estimate of drug-likeness (QED) is 0.607. The van der Waals surface area contributed by atoms with E-state index in [1.54, 1.807) is 6.20 Å². The second-order valence-corrected chi connectivity index (χ2v) is 7.16. The van der Waals surface area contributed by atoms with Crippen molar-refractivity contribution in [2.75, 3.05) is 10.6 Å². The molecule has 2 aromatic heterocycles. The zero-order valence-electron chi connectivity index (χ0n) is 15.8. The first-order valence-corrected chi connectivity index (χ1v) is 9.79. The lowest BCUT2D eigenvalue weighted by Gasteiger charge is -2.27. The number of rotatable bonds is 6. The number of aliphatic hydroxyl groups is 1. The van der Waals surface area contributed by atoms with Crippen molar-refractivity contribution >= 4 is 11.8 Å². The van der Waals surface area contributed by atoms with Crippen molar-refractivity contribution in [1.82, 2.24) is 15.0 Å². The first kappa shape index (κ1) is 18.4. The molecule has 0 bridgehead atoms. The van der Waals surface area contributed by atoms with Crippen LogP contribution in [0.3, 0.4) is 0 Å². The Morgan fingerprint density at radius 1 is 0.929 bits per heavy atom. The molecule has 3 N–H and O–H groups in total. The SMILES string of the molecule is OC1CCC(Nc2nc(NCc3ccccc3)ncc2-c2ccccn2)CC1. The van der Waals surface area contributed by atoms with Gasteiger partial charge in [-0.15, -0.1) is 0 Å². The molecule has 0 aliphatic heterocycles. The van der Waals surface area contributed by atoms with Crippen LogP contribution in [0.4, 0.5) is 11.8 Å². The Kier molecular flexibility index (Phi) is 5.77. The number of aliphatic hydroxyl groups excluding tert-OH is 1. The summed E-state index contributed by atoms with van der Waals surface area (Å²) < 4.78 is 0. The third-order valence-electron chi connectivity index (χ3n) is 5.06. The van der Waals surface area contributed by atoms with Gasteiger partial charge in [-0.3, -0.25) is 4.98 Å². The molecule has 144 valence electrons. The molecular formula is C22H25N5O. The van der Waals surface area contributed by atoms with Gasteiger partial charge < -0.3 is 15.7 Å². The molecule has 1 fully saturated rings. The van der Waals surface area contributed by atoms with Crippen molar-refractivity contribution in [3.63, 3.8) is 0 Å². The number of hydrogen-bond donors (Lipinski definition) is 3. The minimum Gasteiger partial charge on any atom is -0.393 e. The molecule has 0 radical (unpaired) electrons. The van der Waals surface area contributed by atoms with Gasteiger partial charge in [0.25, 0.3) is 0 Å². The first-order chi connectivity index (χ1) is 13.8. The van der Waals surface area contributed by atoms with Crippen molar-refractivity contribution < 1.29 is 5.11 Å². The standard InChI is InChI=1S/C22H25N5O/c28-18-11-9-17(10-12-18)26-21-19(20-8-4-5-13-23-20)15-25-22(27-21)24-14-16-6-2-1-3-7-16/h1-8,13,15,17-18,28H,9-12,14H2,(H2,24,25,26,27). The van der Waals surface area contributed by atoms with Gasteiger partial charge in [-0.05, 0) is 43.4 Å². The van der Waals surface area contributed by atoms with E-state index in [0.29, 0.717) is 18.5 Å². The van der Waals surface area contributed by atoms with Crippen LogP contribution in [0.5, 0.6) is 0 Å². The van der Waals surface area contributed by atoms with Gasteiger partial charge in [-0.2, -0.15) is 4.98 Å². The molecule has 1 saturated carbocycles. The molecule has 0 spiro atoms. The zero-order valence-corrected chi connectivity index (χ0v) is 15.8. The van der Waals surface area contributed by atoms with Crippen LogP contribution in [0.2, 0.25) is 0 Å². The lowest BCUT2D eigenvalue weighted by molar-refractivity contribution is 0.126. The maximum absolute atomic E-state index is 9.77. The van der Waals surface area contributed by atoms with Crippen molar-refractivity contribution in [3.05, 3.63) is 66.5 Å². The van der Waals surface area contributed by atoms with Crippen LogP contribution in [0.25, 0.3) is 11.3 Å². The Hall–Kier alpha value is -2.99. The number of pyridine rings is 1. The second-order valence-electron chi connectivity index (χ2n) is 7.16. The average Bonchev–Trinajstić information content (AvgIpc) is 2.75. The highest BCUT2D eigenvalue weighted by Gasteiger charge is 2.21. The normalized spacial score (nSPS) is 19.2. The predicted octanol–water partition coefficient (Wildman–Crippen LogP) is 3.87. The molecule has 0 unspecified atom stereocenters. The summed E-state index contributed by atoms with van der Waals surface area (Å²) in [5, 5.41) is 16.6. The number of anilines is 2. The van der Waals surface area contributed by atoms with Crippen LogP contribution < -0.4 is 10.6 Å². The Bertz CT molecular complexity index is 880. The largest absolute Gasteiger partial charge is 0.393 e. The fraction of sp³-hybridized carbons (Fsp3) is 0.318. The highest BCUT2D eigenvalue weighted by molar-refractivity contribution is 5.72. The Morgan fingerprint density at radius 3 is 2.46 bits per heavy atom. The van der Waals surface area contributed by atoms with Crippen LogP contribution >= 0.6 is 0 Å². The predicted molar refractivity (Wildman–Crippen MR) is 111 cm³/mol. The Morgan fingerprint density at radius 2 is 1.71 bits per heavy atom. The highest BCUT2D eigenvalue weighted by Crippen LogP contribution is 2.28. The fourth-order valence-corrected chi connectivity index (χ4v) is 3.48. The molecule has 0 saturated heterocycles. The van der Waals surface area contributed by atoms with Crippen molar-refractivity contribution in [3.8, 4) is 11.3 Å². The Labute approximate surface area is 165 Å². The second kappa shape index (κ2) is 8.80. The molecule has 1 aromatic carbocycles. The summed E-state index contributed by atoms with van der Waals surface area (Å²) in [5.74, 6) is 1.37. The molecule has 1 aliphatic rings. The van der Waals surface area contributed by atoms with E-state index in [9.17, 15) is 5.11 Å². The molecule has 2 heterocycles. The summed E-state index contributed by atoms with van der Waals surface area (Å²) in [6.45, 7) is 0.666. The maximum atomic E-state index is 9.77. The van der Waals surface area contributed by atoms with Gasteiger partial charge in [-0.1, -0.05) is 36.4 Å². The van der Waals surface area contributed by atoms with Gasteiger partial charge in [0, 0.05) is 25.0 Å². The third-order valence-corrected chi connectivity index (χ3v) is 5.06. The fourth-order valence-electron chi connectivity index (χ4n) is 3.48. The van der Waals surface area contributed by atoms with E-state index in [2.05, 4.69) is 32.7 Å². The van der Waals surface area contributed by atoms with Crippen LogP contribution in [0.15, 0.2) is 60.9 Å². The molecule has 6 heteroatoms. The van der Waals surface area contributed by atoms with Gasteiger partial charge in [-0.25, -0.2) is 4.98 Å². The number of nitrogens with one attached hydrogen (secondary N) is 2. The number of aromatic nitrogens is 3. The minimum absolute atomic E-state index is 0.179. The molecule has 4 rings (SSSR count). The summed E-state index contributed by atoms with van der Waals surface area (Å²) in [4.78, 5) is 13.7.